The van der Waals surface area contributed by atoms with E-state index in [1.165, 1.54) is 44.2 Å². The van der Waals surface area contributed by atoms with Crippen LogP contribution in [0.15, 0.2) is 36.4 Å². The maximum atomic E-state index is 2.28. The summed E-state index contributed by atoms with van der Waals surface area (Å²) in [7, 11) is 0. The first-order valence-corrected chi connectivity index (χ1v) is 8.18. The molecule has 0 unspecified atom stereocenters. The minimum Gasteiger partial charge on any atom is -1.00 e. The van der Waals surface area contributed by atoms with Gasteiger partial charge in [-0.15, -0.1) is 40.6 Å². The van der Waals surface area contributed by atoms with Crippen molar-refractivity contribution in [3.8, 4) is 0 Å². The van der Waals surface area contributed by atoms with Crippen molar-refractivity contribution in [2.24, 2.45) is 0 Å². The molecule has 25 heavy (non-hydrogen) atoms. The Hall–Kier alpha value is -1.08. The van der Waals surface area contributed by atoms with E-state index >= 15 is 0 Å². The van der Waals surface area contributed by atoms with Gasteiger partial charge in [-0.05, 0) is 5.92 Å². The Morgan fingerprint density at radius 2 is 1.36 bits per heavy atom. The summed E-state index contributed by atoms with van der Waals surface area (Å²) in [6, 6.07) is 13.1. The van der Waals surface area contributed by atoms with Crippen molar-refractivity contribution in [1.82, 2.24) is 0 Å². The summed E-state index contributed by atoms with van der Waals surface area (Å²) in [5.41, 5.74) is 8.78. The minimum atomic E-state index is 0. The Morgan fingerprint density at radius 1 is 0.880 bits per heavy atom. The van der Waals surface area contributed by atoms with E-state index in [-0.39, 0.29) is 35.6 Å². The van der Waals surface area contributed by atoms with Crippen molar-refractivity contribution in [1.29, 1.82) is 0 Å². The number of rotatable bonds is 1. The van der Waals surface area contributed by atoms with Gasteiger partial charge in [0.25, 0.3) is 0 Å². The van der Waals surface area contributed by atoms with Crippen molar-refractivity contribution in [3.63, 3.8) is 0 Å². The van der Waals surface area contributed by atoms with E-state index in [0.717, 1.165) is 0 Å². The smallest absolute Gasteiger partial charge is 1.00 e. The number of hydrogen-bond donors (Lipinski definition) is 0. The van der Waals surface area contributed by atoms with E-state index in [1.807, 2.05) is 0 Å². The van der Waals surface area contributed by atoms with Crippen molar-refractivity contribution in [2.75, 3.05) is 0 Å². The van der Waals surface area contributed by atoms with Gasteiger partial charge in [0.05, 0.1) is 0 Å². The van der Waals surface area contributed by atoms with Gasteiger partial charge in [0, 0.05) is 0 Å². The molecule has 0 saturated heterocycles. The molecule has 0 atom stereocenters. The topological polar surface area (TPSA) is 0 Å². The first kappa shape index (κ1) is 26.2. The predicted molar refractivity (Wildman–Crippen MR) is 99.4 cm³/mol. The molecule has 0 saturated carbocycles. The zero-order valence-corrected chi connectivity index (χ0v) is 18.8. The van der Waals surface area contributed by atoms with E-state index in [2.05, 4.69) is 84.9 Å². The summed E-state index contributed by atoms with van der Waals surface area (Å²) in [6.45, 7) is 15.5. The summed E-state index contributed by atoms with van der Waals surface area (Å²) in [5, 5.41) is 2.72. The monoisotopic (exact) mass is 420 g/mol. The van der Waals surface area contributed by atoms with Gasteiger partial charge in [-0.1, -0.05) is 54.5 Å². The van der Waals surface area contributed by atoms with Gasteiger partial charge in [-0.25, -0.2) is 0 Å². The van der Waals surface area contributed by atoms with Gasteiger partial charge in [0.15, 0.2) is 0 Å². The number of benzene rings is 1. The second kappa shape index (κ2) is 10.8. The van der Waals surface area contributed by atoms with Crippen LogP contribution in [-0.4, -0.2) is 0 Å². The second-order valence-corrected chi connectivity index (χ2v) is 6.70. The molecule has 0 amide bonds. The van der Waals surface area contributed by atoms with E-state index in [0.29, 0.717) is 5.92 Å². The number of fused-ring (bicyclic) bond motifs is 1. The largest absolute Gasteiger partial charge is 4.00 e. The number of hydrogen-bond acceptors (Lipinski definition) is 0. The minimum absolute atomic E-state index is 0. The summed E-state index contributed by atoms with van der Waals surface area (Å²) < 4.78 is 0. The van der Waals surface area contributed by atoms with Crippen LogP contribution >= 0.6 is 0 Å². The molecule has 134 valence electrons. The molecule has 0 radical (unpaired) electrons. The molecular formula is C22H28F2Zr. The number of halogens is 2. The molecule has 0 aliphatic rings. The van der Waals surface area contributed by atoms with Crippen molar-refractivity contribution in [3.05, 3.63) is 69.8 Å². The van der Waals surface area contributed by atoms with Crippen LogP contribution in [0.3, 0.4) is 0 Å². The Bertz CT molecular complexity index is 665. The zero-order chi connectivity index (χ0) is 16.4. The van der Waals surface area contributed by atoms with Crippen molar-refractivity contribution in [2.45, 2.75) is 54.4 Å². The molecule has 0 spiro atoms. The van der Waals surface area contributed by atoms with Crippen LogP contribution in [0.5, 0.6) is 0 Å². The Labute approximate surface area is 170 Å². The Morgan fingerprint density at radius 3 is 1.72 bits per heavy atom. The van der Waals surface area contributed by atoms with E-state index in [1.54, 1.807) is 0 Å². The van der Waals surface area contributed by atoms with Crippen LogP contribution in [0.2, 0.25) is 0 Å². The van der Waals surface area contributed by atoms with Gasteiger partial charge < -0.3 is 9.41 Å². The predicted octanol–water partition coefficient (Wildman–Crippen LogP) is 0.635. The molecule has 3 aromatic carbocycles. The molecule has 0 N–H and O–H groups in total. The molecule has 3 aromatic rings. The molecule has 3 heteroatoms. The second-order valence-electron chi connectivity index (χ2n) is 6.70. The summed E-state index contributed by atoms with van der Waals surface area (Å²) in [4.78, 5) is 0. The normalized spacial score (nSPS) is 9.60. The third-order valence-electron chi connectivity index (χ3n) is 5.12. The molecule has 0 heterocycles. The van der Waals surface area contributed by atoms with Crippen LogP contribution in [0, 0.1) is 34.6 Å². The first-order valence-electron chi connectivity index (χ1n) is 8.18. The van der Waals surface area contributed by atoms with Crippen LogP contribution in [-0.2, 0) is 26.2 Å². The molecule has 0 aliphatic heterocycles. The van der Waals surface area contributed by atoms with Gasteiger partial charge in [-0.2, -0.15) is 33.9 Å². The third kappa shape index (κ3) is 5.71. The molecule has 0 bridgehead atoms. The molecule has 3 rings (SSSR count). The van der Waals surface area contributed by atoms with Crippen molar-refractivity contribution < 1.29 is 35.6 Å². The van der Waals surface area contributed by atoms with Crippen LogP contribution in [0.1, 0.15) is 53.1 Å². The molecule has 0 nitrogen and oxygen atoms in total. The Kier molecular flexibility index (Phi) is 11.3. The maximum absolute atomic E-state index is 2.28. The standard InChI is InChI=1S/C12H13.C10H15.2FH.Zr/c1-9(2)12-7-10-5-3-4-6-11(10)8-12;1-6-7(2)9(4)10(5)8(6)3;;;/h3-9H,1-2H3;1-5H3;2*1H;/q2*-1;;;+4/p-2. The van der Waals surface area contributed by atoms with Gasteiger partial charge in [0.2, 0.25) is 0 Å². The van der Waals surface area contributed by atoms with E-state index in [4.69, 9.17) is 0 Å². The van der Waals surface area contributed by atoms with Crippen LogP contribution < -0.4 is 9.41 Å². The molecule has 0 fully saturated rings. The fourth-order valence-corrected chi connectivity index (χ4v) is 2.91. The average molecular weight is 422 g/mol. The van der Waals surface area contributed by atoms with Gasteiger partial charge >= 0.3 is 26.2 Å². The van der Waals surface area contributed by atoms with Crippen LogP contribution in [0.4, 0.5) is 0 Å². The SMILES string of the molecule is CC(C)c1cc2ccccc2[cH-]1.Cc1c(C)c(C)[c-](C)c1C.[F-].[F-].[Zr+4]. The fourth-order valence-electron chi connectivity index (χ4n) is 2.91. The maximum Gasteiger partial charge on any atom is 4.00 e. The summed E-state index contributed by atoms with van der Waals surface area (Å²) in [6.07, 6.45) is 0. The fraction of sp³-hybridized carbons (Fsp3) is 0.364. The van der Waals surface area contributed by atoms with Gasteiger partial charge in [-0.3, -0.25) is 0 Å². The van der Waals surface area contributed by atoms with E-state index < -0.39 is 0 Å². The van der Waals surface area contributed by atoms with Gasteiger partial charge in [0.1, 0.15) is 0 Å². The van der Waals surface area contributed by atoms with Crippen LogP contribution in [0.25, 0.3) is 10.8 Å². The van der Waals surface area contributed by atoms with Crippen molar-refractivity contribution >= 4 is 10.8 Å². The molecule has 0 aliphatic carbocycles. The molecule has 0 aromatic heterocycles. The quantitative estimate of drug-likeness (QED) is 0.506. The molecular weight excluding hydrogens is 393 g/mol. The Balaban J connectivity index is 0. The summed E-state index contributed by atoms with van der Waals surface area (Å²) in [5.74, 6) is 0.636. The summed E-state index contributed by atoms with van der Waals surface area (Å²) >= 11 is 0. The first-order chi connectivity index (χ1) is 10.3. The average Bonchev–Trinajstić information content (AvgIpc) is 3.01. The third-order valence-corrected chi connectivity index (χ3v) is 5.12. The van der Waals surface area contributed by atoms with E-state index in [9.17, 15) is 0 Å². The zero-order valence-electron chi connectivity index (χ0n) is 16.3.